The van der Waals surface area contributed by atoms with Gasteiger partial charge in [0.1, 0.15) is 12.4 Å². The number of carbonyl (C=O) groups excluding carboxylic acids is 1. The molecular formula is C19H20N2O3. The van der Waals surface area contributed by atoms with E-state index in [4.69, 9.17) is 4.74 Å². The van der Waals surface area contributed by atoms with Crippen molar-refractivity contribution in [3.05, 3.63) is 65.5 Å². The highest BCUT2D eigenvalue weighted by Gasteiger charge is 2.12. The van der Waals surface area contributed by atoms with Gasteiger partial charge < -0.3 is 14.4 Å². The Bertz CT molecular complexity index is 851. The fraction of sp³-hybridized carbons (Fsp3) is 0.263. The molecule has 0 amide bonds. The van der Waals surface area contributed by atoms with E-state index in [0.717, 1.165) is 16.6 Å². The molecule has 0 saturated carbocycles. The van der Waals surface area contributed by atoms with E-state index in [9.17, 15) is 9.90 Å². The third kappa shape index (κ3) is 3.31. The van der Waals surface area contributed by atoms with Crippen molar-refractivity contribution in [3.8, 4) is 0 Å². The summed E-state index contributed by atoms with van der Waals surface area (Å²) in [6.45, 7) is 4.11. The Hall–Kier alpha value is -2.66. The highest BCUT2D eigenvalue weighted by molar-refractivity contribution is 5.89. The van der Waals surface area contributed by atoms with E-state index in [1.165, 1.54) is 0 Å². The minimum Gasteiger partial charge on any atom is -0.459 e. The van der Waals surface area contributed by atoms with Crippen LogP contribution in [0.15, 0.2) is 48.5 Å². The molecule has 0 atom stereocenters. The highest BCUT2D eigenvalue weighted by Crippen LogP contribution is 2.18. The summed E-state index contributed by atoms with van der Waals surface area (Å²) < 4.78 is 7.17. The Morgan fingerprint density at radius 1 is 1.17 bits per heavy atom. The quantitative estimate of drug-likeness (QED) is 0.732. The van der Waals surface area contributed by atoms with Gasteiger partial charge in [0.15, 0.2) is 0 Å². The molecule has 124 valence electrons. The van der Waals surface area contributed by atoms with Gasteiger partial charge in [0, 0.05) is 6.54 Å². The molecule has 5 nitrogen and oxygen atoms in total. The number of hydrogen-bond donors (Lipinski definition) is 1. The zero-order valence-electron chi connectivity index (χ0n) is 13.8. The maximum atomic E-state index is 11.9. The van der Waals surface area contributed by atoms with Crippen molar-refractivity contribution in [1.82, 2.24) is 9.55 Å². The predicted molar refractivity (Wildman–Crippen MR) is 91.8 cm³/mol. The van der Waals surface area contributed by atoms with E-state index in [-0.39, 0.29) is 18.7 Å². The van der Waals surface area contributed by atoms with Crippen LogP contribution < -0.4 is 0 Å². The van der Waals surface area contributed by atoms with Crippen molar-refractivity contribution < 1.29 is 14.6 Å². The van der Waals surface area contributed by atoms with Crippen molar-refractivity contribution >= 4 is 17.0 Å². The first-order chi connectivity index (χ1) is 11.6. The van der Waals surface area contributed by atoms with Gasteiger partial charge in [0.25, 0.3) is 0 Å². The minimum absolute atomic E-state index is 0.118. The van der Waals surface area contributed by atoms with E-state index < -0.39 is 0 Å². The molecular weight excluding hydrogens is 304 g/mol. The zero-order chi connectivity index (χ0) is 17.1. The molecule has 1 aromatic heterocycles. The predicted octanol–water partition coefficient (Wildman–Crippen LogP) is 3.14. The fourth-order valence-corrected chi connectivity index (χ4v) is 2.63. The first kappa shape index (κ1) is 16.2. The number of benzene rings is 2. The Morgan fingerprint density at radius 3 is 2.54 bits per heavy atom. The number of para-hydroxylation sites is 2. The lowest BCUT2D eigenvalue weighted by atomic mass is 10.1. The number of ether oxygens (including phenoxy) is 1. The lowest BCUT2D eigenvalue weighted by Gasteiger charge is -2.10. The van der Waals surface area contributed by atoms with Crippen LogP contribution in [0.2, 0.25) is 0 Å². The van der Waals surface area contributed by atoms with Gasteiger partial charge in [-0.25, -0.2) is 9.78 Å². The lowest BCUT2D eigenvalue weighted by Crippen LogP contribution is -2.11. The van der Waals surface area contributed by atoms with Gasteiger partial charge >= 0.3 is 5.97 Å². The van der Waals surface area contributed by atoms with Crippen LogP contribution >= 0.6 is 0 Å². The van der Waals surface area contributed by atoms with Gasteiger partial charge in [-0.1, -0.05) is 24.3 Å². The molecule has 0 spiro atoms. The molecule has 0 fully saturated rings. The van der Waals surface area contributed by atoms with Crippen molar-refractivity contribution in [2.75, 3.05) is 0 Å². The maximum Gasteiger partial charge on any atom is 0.338 e. The first-order valence-electron chi connectivity index (χ1n) is 7.93. The molecule has 2 aromatic carbocycles. The second-order valence-corrected chi connectivity index (χ2v) is 5.91. The average molecular weight is 324 g/mol. The van der Waals surface area contributed by atoms with Crippen LogP contribution in [0.25, 0.3) is 11.0 Å². The minimum atomic E-state index is -0.319. The van der Waals surface area contributed by atoms with Crippen LogP contribution in [-0.4, -0.2) is 26.7 Å². The molecule has 5 heteroatoms. The molecule has 0 aliphatic rings. The number of nitrogens with zero attached hydrogens (tertiary/aromatic N) is 2. The van der Waals surface area contributed by atoms with E-state index in [1.807, 2.05) is 54.8 Å². The molecule has 0 aliphatic carbocycles. The highest BCUT2D eigenvalue weighted by atomic mass is 16.5. The number of aliphatic hydroxyl groups is 1. The molecule has 3 rings (SSSR count). The van der Waals surface area contributed by atoms with Gasteiger partial charge in [0.05, 0.1) is 22.7 Å². The first-order valence-corrected chi connectivity index (χ1v) is 7.93. The Morgan fingerprint density at radius 2 is 1.88 bits per heavy atom. The average Bonchev–Trinajstić information content (AvgIpc) is 2.93. The number of fused-ring (bicyclic) bond motifs is 1. The maximum absolute atomic E-state index is 11.9. The number of rotatable bonds is 5. The fourth-order valence-electron chi connectivity index (χ4n) is 2.63. The summed E-state index contributed by atoms with van der Waals surface area (Å²) in [5.74, 6) is 0.306. The Labute approximate surface area is 140 Å². The van der Waals surface area contributed by atoms with Crippen LogP contribution in [0.4, 0.5) is 0 Å². The molecule has 0 bridgehead atoms. The molecule has 24 heavy (non-hydrogen) atoms. The number of aliphatic hydroxyl groups excluding tert-OH is 1. The lowest BCUT2D eigenvalue weighted by molar-refractivity contribution is 0.0378. The van der Waals surface area contributed by atoms with Crippen LogP contribution in [0.3, 0.4) is 0 Å². The summed E-state index contributed by atoms with van der Waals surface area (Å²) in [4.78, 5) is 16.3. The second kappa shape index (κ2) is 6.84. The van der Waals surface area contributed by atoms with E-state index >= 15 is 0 Å². The standard InChI is InChI=1S/C19H20N2O3/c1-13(2)24-19(23)15-9-7-14(8-10-15)11-21-17-6-4-3-5-16(17)20-18(21)12-22/h3-10,13,22H,11-12H2,1-2H3. The van der Waals surface area contributed by atoms with E-state index in [1.54, 1.807) is 12.1 Å². The van der Waals surface area contributed by atoms with Gasteiger partial charge in [-0.05, 0) is 43.7 Å². The Balaban J connectivity index is 1.85. The van der Waals surface area contributed by atoms with Crippen LogP contribution in [0.1, 0.15) is 35.6 Å². The summed E-state index contributed by atoms with van der Waals surface area (Å²) in [6, 6.07) is 15.1. The normalized spacial score (nSPS) is 11.2. The number of aromatic nitrogens is 2. The number of hydrogen-bond acceptors (Lipinski definition) is 4. The monoisotopic (exact) mass is 324 g/mol. The van der Waals surface area contributed by atoms with Crippen molar-refractivity contribution in [1.29, 1.82) is 0 Å². The van der Waals surface area contributed by atoms with Crippen molar-refractivity contribution in [2.45, 2.75) is 33.1 Å². The van der Waals surface area contributed by atoms with Gasteiger partial charge in [-0.2, -0.15) is 0 Å². The van der Waals surface area contributed by atoms with Crippen molar-refractivity contribution in [3.63, 3.8) is 0 Å². The van der Waals surface area contributed by atoms with E-state index in [0.29, 0.717) is 17.9 Å². The zero-order valence-corrected chi connectivity index (χ0v) is 13.8. The van der Waals surface area contributed by atoms with Gasteiger partial charge in [-0.15, -0.1) is 0 Å². The van der Waals surface area contributed by atoms with Gasteiger partial charge in [-0.3, -0.25) is 0 Å². The van der Waals surface area contributed by atoms with Gasteiger partial charge in [0.2, 0.25) is 0 Å². The number of carbonyl (C=O) groups is 1. The molecule has 0 aliphatic heterocycles. The topological polar surface area (TPSA) is 64.3 Å². The molecule has 1 N–H and O–H groups in total. The summed E-state index contributed by atoms with van der Waals surface area (Å²) >= 11 is 0. The van der Waals surface area contributed by atoms with Crippen molar-refractivity contribution in [2.24, 2.45) is 0 Å². The third-order valence-electron chi connectivity index (χ3n) is 3.75. The second-order valence-electron chi connectivity index (χ2n) is 5.91. The number of esters is 1. The van der Waals surface area contributed by atoms with Crippen LogP contribution in [-0.2, 0) is 17.9 Å². The van der Waals surface area contributed by atoms with E-state index in [2.05, 4.69) is 4.98 Å². The smallest absolute Gasteiger partial charge is 0.338 e. The van der Waals surface area contributed by atoms with Crippen LogP contribution in [0.5, 0.6) is 0 Å². The summed E-state index contributed by atoms with van der Waals surface area (Å²) in [5.41, 5.74) is 3.39. The number of imidazole rings is 1. The largest absolute Gasteiger partial charge is 0.459 e. The molecule has 0 radical (unpaired) electrons. The SMILES string of the molecule is CC(C)OC(=O)c1ccc(Cn2c(CO)nc3ccccc32)cc1. The third-order valence-corrected chi connectivity index (χ3v) is 3.75. The molecule has 0 unspecified atom stereocenters. The Kier molecular flexibility index (Phi) is 4.62. The summed E-state index contributed by atoms with van der Waals surface area (Å²) in [6.07, 6.45) is -0.137. The molecule has 1 heterocycles. The molecule has 3 aromatic rings. The summed E-state index contributed by atoms with van der Waals surface area (Å²) in [5, 5.41) is 9.55. The van der Waals surface area contributed by atoms with Crippen LogP contribution in [0, 0.1) is 0 Å². The summed E-state index contributed by atoms with van der Waals surface area (Å²) in [7, 11) is 0. The molecule has 0 saturated heterocycles.